The Hall–Kier alpha value is -3.58. The molecule has 1 aliphatic rings. The third kappa shape index (κ3) is 4.24. The third-order valence-corrected chi connectivity index (χ3v) is 6.06. The lowest BCUT2D eigenvalue weighted by molar-refractivity contribution is 0.122. The van der Waals surface area contributed by atoms with Crippen LogP contribution in [0.2, 0.25) is 0 Å². The molecule has 1 fully saturated rings. The van der Waals surface area contributed by atoms with Gasteiger partial charge in [-0.2, -0.15) is 4.98 Å². The van der Waals surface area contributed by atoms with Crippen molar-refractivity contribution in [2.45, 2.75) is 25.9 Å². The molecule has 0 bridgehead atoms. The van der Waals surface area contributed by atoms with E-state index in [0.717, 1.165) is 29.6 Å². The van der Waals surface area contributed by atoms with Crippen molar-refractivity contribution in [1.82, 2.24) is 14.5 Å². The molecule has 0 aliphatic carbocycles. The fourth-order valence-electron chi connectivity index (χ4n) is 4.27. The summed E-state index contributed by atoms with van der Waals surface area (Å²) >= 11 is 0. The average molecular weight is 444 g/mol. The second-order valence-electron chi connectivity index (χ2n) is 8.59. The molecule has 0 atom stereocenters. The van der Waals surface area contributed by atoms with E-state index < -0.39 is 0 Å². The fraction of sp³-hybridized carbons (Fsp3) is 0.308. The van der Waals surface area contributed by atoms with Crippen LogP contribution in [0.3, 0.4) is 0 Å². The van der Waals surface area contributed by atoms with Crippen molar-refractivity contribution in [1.29, 1.82) is 0 Å². The molecule has 4 aromatic rings. The van der Waals surface area contributed by atoms with Gasteiger partial charge in [-0.3, -0.25) is 0 Å². The Labute approximate surface area is 193 Å². The number of fused-ring (bicyclic) bond motifs is 1. The molecule has 2 aromatic carbocycles. The van der Waals surface area contributed by atoms with E-state index in [1.54, 1.807) is 0 Å². The van der Waals surface area contributed by atoms with Crippen LogP contribution in [0.1, 0.15) is 37.1 Å². The highest BCUT2D eigenvalue weighted by Crippen LogP contribution is 2.36. The van der Waals surface area contributed by atoms with E-state index in [1.165, 1.54) is 0 Å². The van der Waals surface area contributed by atoms with Crippen LogP contribution >= 0.6 is 0 Å². The lowest BCUT2D eigenvalue weighted by Gasteiger charge is -2.28. The number of hydrogen-bond acceptors (Lipinski definition) is 6. The van der Waals surface area contributed by atoms with Crippen molar-refractivity contribution in [2.75, 3.05) is 36.5 Å². The maximum atomic E-state index is 11.0. The van der Waals surface area contributed by atoms with Crippen LogP contribution < -0.4 is 10.2 Å². The lowest BCUT2D eigenvalue weighted by atomic mass is 9.98. The summed E-state index contributed by atoms with van der Waals surface area (Å²) in [7, 11) is 0. The highest BCUT2D eigenvalue weighted by atomic mass is 16.5. The van der Waals surface area contributed by atoms with Gasteiger partial charge in [-0.1, -0.05) is 60.7 Å². The molecule has 3 heterocycles. The first-order valence-electron chi connectivity index (χ1n) is 11.4. The van der Waals surface area contributed by atoms with Gasteiger partial charge >= 0.3 is 0 Å². The summed E-state index contributed by atoms with van der Waals surface area (Å²) in [6, 6.07) is 20.7. The summed E-state index contributed by atoms with van der Waals surface area (Å²) < 4.78 is 7.35. The Morgan fingerprint density at radius 3 is 2.09 bits per heavy atom. The summed E-state index contributed by atoms with van der Waals surface area (Å²) in [5, 5.41) is 15.5. The van der Waals surface area contributed by atoms with Gasteiger partial charge < -0.3 is 24.6 Å². The number of nitrogens with one attached hydrogen (secondary N) is 1. The highest BCUT2D eigenvalue weighted by molar-refractivity contribution is 5.94. The number of aromatic nitrogens is 3. The minimum Gasteiger partial charge on any atom is -0.493 e. The van der Waals surface area contributed by atoms with Gasteiger partial charge in [0.25, 0.3) is 0 Å². The maximum Gasteiger partial charge on any atom is 0.228 e. The molecule has 5 rings (SSSR count). The summed E-state index contributed by atoms with van der Waals surface area (Å²) in [6.45, 7) is 6.80. The largest absolute Gasteiger partial charge is 0.493 e. The van der Waals surface area contributed by atoms with E-state index in [1.807, 2.05) is 61.0 Å². The van der Waals surface area contributed by atoms with Gasteiger partial charge in [0.15, 0.2) is 0 Å². The van der Waals surface area contributed by atoms with E-state index in [-0.39, 0.29) is 18.0 Å². The van der Waals surface area contributed by atoms with E-state index >= 15 is 0 Å². The molecule has 33 heavy (non-hydrogen) atoms. The van der Waals surface area contributed by atoms with Crippen molar-refractivity contribution >= 4 is 22.7 Å². The standard InChI is InChI=1S/C26H29N5O2/c1-18(2)31-17-21-23(25(31)32)28-26(30-13-15-33-16-14-30)29-24(21)27-22(19-9-5-3-6-10-19)20-11-7-4-8-12-20/h3-12,17-18,22,32H,13-16H2,1-2H3,(H,27,28,29). The smallest absolute Gasteiger partial charge is 0.228 e. The molecule has 0 saturated carbocycles. The Morgan fingerprint density at radius 1 is 0.909 bits per heavy atom. The van der Waals surface area contributed by atoms with Crippen molar-refractivity contribution in [3.8, 4) is 5.88 Å². The molecule has 7 heteroatoms. The molecular weight excluding hydrogens is 414 g/mol. The number of nitrogens with zero attached hydrogens (tertiary/aromatic N) is 4. The number of anilines is 2. The Balaban J connectivity index is 1.65. The zero-order chi connectivity index (χ0) is 22.8. The van der Waals surface area contributed by atoms with E-state index in [4.69, 9.17) is 14.7 Å². The second kappa shape index (κ2) is 9.11. The molecule has 170 valence electrons. The number of hydrogen-bond donors (Lipinski definition) is 2. The minimum atomic E-state index is -0.104. The number of aromatic hydroxyl groups is 1. The molecule has 0 amide bonds. The summed E-state index contributed by atoms with van der Waals surface area (Å²) in [5.74, 6) is 1.47. The van der Waals surface area contributed by atoms with Gasteiger partial charge in [0, 0.05) is 25.3 Å². The number of ether oxygens (including phenoxy) is 1. The first-order valence-corrected chi connectivity index (χ1v) is 11.4. The minimum absolute atomic E-state index is 0.0953. The van der Waals surface area contributed by atoms with Crippen molar-refractivity contribution in [3.05, 3.63) is 78.0 Å². The molecule has 0 unspecified atom stereocenters. The predicted octanol–water partition coefficient (Wildman–Crippen LogP) is 4.76. The van der Waals surface area contributed by atoms with Crippen LogP contribution in [0, 0.1) is 0 Å². The summed E-state index contributed by atoms with van der Waals surface area (Å²) in [6.07, 6.45) is 1.94. The normalized spacial score (nSPS) is 14.4. The van der Waals surface area contributed by atoms with E-state index in [0.29, 0.717) is 30.5 Å². The maximum absolute atomic E-state index is 11.0. The fourth-order valence-corrected chi connectivity index (χ4v) is 4.27. The molecular formula is C26H29N5O2. The molecule has 0 radical (unpaired) electrons. The second-order valence-corrected chi connectivity index (χ2v) is 8.59. The van der Waals surface area contributed by atoms with Crippen LogP contribution in [-0.2, 0) is 4.74 Å². The topological polar surface area (TPSA) is 75.4 Å². The van der Waals surface area contributed by atoms with Crippen LogP contribution in [0.15, 0.2) is 66.9 Å². The van der Waals surface area contributed by atoms with Crippen LogP contribution in [0.4, 0.5) is 11.8 Å². The monoisotopic (exact) mass is 443 g/mol. The number of benzene rings is 2. The number of morpholine rings is 1. The van der Waals surface area contributed by atoms with Crippen LogP contribution in [-0.4, -0.2) is 45.9 Å². The summed E-state index contributed by atoms with van der Waals surface area (Å²) in [5.41, 5.74) is 2.83. The molecule has 2 N–H and O–H groups in total. The Morgan fingerprint density at radius 2 is 1.52 bits per heavy atom. The summed E-state index contributed by atoms with van der Waals surface area (Å²) in [4.78, 5) is 11.8. The Kier molecular flexibility index (Phi) is 5.88. The Bertz CT molecular complexity index is 1180. The van der Waals surface area contributed by atoms with E-state index in [2.05, 4.69) is 34.5 Å². The van der Waals surface area contributed by atoms with Crippen molar-refractivity contribution < 1.29 is 9.84 Å². The SMILES string of the molecule is CC(C)n1cc2c(NC(c3ccccc3)c3ccccc3)nc(N3CCOCC3)nc2c1O. The lowest BCUT2D eigenvalue weighted by Crippen LogP contribution is -2.37. The van der Waals surface area contributed by atoms with Gasteiger partial charge in [0.05, 0.1) is 24.6 Å². The molecule has 7 nitrogen and oxygen atoms in total. The highest BCUT2D eigenvalue weighted by Gasteiger charge is 2.23. The van der Waals surface area contributed by atoms with Gasteiger partial charge in [-0.05, 0) is 25.0 Å². The molecule has 1 saturated heterocycles. The van der Waals surface area contributed by atoms with Crippen LogP contribution in [0.25, 0.3) is 10.9 Å². The quantitative estimate of drug-likeness (QED) is 0.448. The van der Waals surface area contributed by atoms with Crippen molar-refractivity contribution in [3.63, 3.8) is 0 Å². The average Bonchev–Trinajstić information content (AvgIpc) is 3.21. The van der Waals surface area contributed by atoms with Gasteiger partial charge in [0.1, 0.15) is 11.3 Å². The van der Waals surface area contributed by atoms with Gasteiger partial charge in [-0.15, -0.1) is 0 Å². The third-order valence-electron chi connectivity index (χ3n) is 6.06. The van der Waals surface area contributed by atoms with E-state index in [9.17, 15) is 5.11 Å². The first kappa shape index (κ1) is 21.3. The zero-order valence-corrected chi connectivity index (χ0v) is 19.0. The zero-order valence-electron chi connectivity index (χ0n) is 19.0. The first-order chi connectivity index (χ1) is 16.1. The predicted molar refractivity (Wildman–Crippen MR) is 131 cm³/mol. The molecule has 0 spiro atoms. The van der Waals surface area contributed by atoms with Gasteiger partial charge in [0.2, 0.25) is 11.8 Å². The van der Waals surface area contributed by atoms with Crippen LogP contribution in [0.5, 0.6) is 5.88 Å². The molecule has 2 aromatic heterocycles. The number of rotatable bonds is 6. The van der Waals surface area contributed by atoms with Crippen molar-refractivity contribution in [2.24, 2.45) is 0 Å². The molecule has 1 aliphatic heterocycles. The van der Waals surface area contributed by atoms with Gasteiger partial charge in [-0.25, -0.2) is 4.98 Å².